The van der Waals surface area contributed by atoms with Crippen molar-refractivity contribution in [2.24, 2.45) is 0 Å². The van der Waals surface area contributed by atoms with Crippen LogP contribution in [-0.2, 0) is 9.59 Å². The number of rotatable bonds is 5. The summed E-state index contributed by atoms with van der Waals surface area (Å²) in [6, 6.07) is 13.3. The van der Waals surface area contributed by atoms with Gasteiger partial charge in [0.15, 0.2) is 0 Å². The Hall–Kier alpha value is -2.83. The van der Waals surface area contributed by atoms with Crippen LogP contribution >= 0.6 is 23.2 Å². The van der Waals surface area contributed by atoms with Crippen molar-refractivity contribution in [3.05, 3.63) is 69.8 Å². The molecule has 0 saturated heterocycles. The van der Waals surface area contributed by atoms with E-state index in [4.69, 9.17) is 23.2 Å². The third-order valence-electron chi connectivity index (χ3n) is 5.49. The summed E-state index contributed by atoms with van der Waals surface area (Å²) >= 11 is 12.1. The van der Waals surface area contributed by atoms with Crippen LogP contribution in [0.2, 0.25) is 5.02 Å². The number of halogens is 2. The summed E-state index contributed by atoms with van der Waals surface area (Å²) in [4.78, 5) is 39.4. The highest BCUT2D eigenvalue weighted by Gasteiger charge is 2.42. The van der Waals surface area contributed by atoms with E-state index >= 15 is 0 Å². The maximum Gasteiger partial charge on any atom is 0.279 e. The molecule has 0 atom stereocenters. The lowest BCUT2D eigenvalue weighted by Crippen LogP contribution is -2.42. The van der Waals surface area contributed by atoms with Crippen LogP contribution in [0.1, 0.15) is 42.5 Å². The highest BCUT2D eigenvalue weighted by Crippen LogP contribution is 2.32. The lowest BCUT2D eigenvalue weighted by atomic mass is 9.94. The van der Waals surface area contributed by atoms with Gasteiger partial charge in [0.1, 0.15) is 10.7 Å². The average molecular weight is 458 g/mol. The van der Waals surface area contributed by atoms with Crippen LogP contribution in [0.15, 0.2) is 59.3 Å². The molecule has 1 aliphatic heterocycles. The fourth-order valence-electron chi connectivity index (χ4n) is 3.92. The molecule has 1 saturated carbocycles. The van der Waals surface area contributed by atoms with E-state index in [1.807, 2.05) is 0 Å². The van der Waals surface area contributed by atoms with Gasteiger partial charge in [-0.3, -0.25) is 19.3 Å². The lowest BCUT2D eigenvalue weighted by molar-refractivity contribution is -0.140. The van der Waals surface area contributed by atoms with Crippen LogP contribution in [0.3, 0.4) is 0 Å². The number of anilines is 2. The van der Waals surface area contributed by atoms with Crippen LogP contribution < -0.4 is 10.6 Å². The van der Waals surface area contributed by atoms with Gasteiger partial charge in [-0.2, -0.15) is 0 Å². The van der Waals surface area contributed by atoms with Crippen molar-refractivity contribution in [3.63, 3.8) is 0 Å². The van der Waals surface area contributed by atoms with Crippen molar-refractivity contribution < 1.29 is 14.4 Å². The fraction of sp³-hybridized carbons (Fsp3) is 0.261. The summed E-state index contributed by atoms with van der Waals surface area (Å²) in [5.74, 6) is -1.20. The second-order valence-electron chi connectivity index (χ2n) is 7.63. The smallest absolute Gasteiger partial charge is 0.279 e. The molecular formula is C23H21Cl2N3O3. The number of hydrogen-bond acceptors (Lipinski definition) is 4. The van der Waals surface area contributed by atoms with Crippen LogP contribution in [-0.4, -0.2) is 28.7 Å². The molecule has 0 radical (unpaired) electrons. The Kier molecular flexibility index (Phi) is 6.30. The van der Waals surface area contributed by atoms with Gasteiger partial charge in [-0.1, -0.05) is 48.5 Å². The molecule has 1 fully saturated rings. The zero-order valence-corrected chi connectivity index (χ0v) is 18.2. The Morgan fingerprint density at radius 2 is 1.61 bits per heavy atom. The number of carbonyl (C=O) groups excluding carboxylic acids is 3. The third kappa shape index (κ3) is 4.60. The Morgan fingerprint density at radius 1 is 0.903 bits per heavy atom. The van der Waals surface area contributed by atoms with Gasteiger partial charge < -0.3 is 10.6 Å². The maximum absolute atomic E-state index is 12.9. The monoisotopic (exact) mass is 457 g/mol. The van der Waals surface area contributed by atoms with E-state index < -0.39 is 11.8 Å². The van der Waals surface area contributed by atoms with Gasteiger partial charge >= 0.3 is 0 Å². The minimum absolute atomic E-state index is 0.0486. The first-order valence-corrected chi connectivity index (χ1v) is 10.9. The maximum atomic E-state index is 12.9. The highest BCUT2D eigenvalue weighted by atomic mass is 35.5. The van der Waals surface area contributed by atoms with E-state index in [-0.39, 0.29) is 22.7 Å². The molecule has 0 aromatic heterocycles. The van der Waals surface area contributed by atoms with Crippen molar-refractivity contribution in [2.75, 3.05) is 10.6 Å². The minimum atomic E-state index is -0.460. The Bertz CT molecular complexity index is 1060. The SMILES string of the molecule is O=C(Nc1ccc(Cl)cc1)c1cccc(NC2=C(Cl)C(=O)N(C3CCCCC3)C2=O)c1. The normalized spacial score (nSPS) is 17.3. The molecule has 8 heteroatoms. The van der Waals surface area contributed by atoms with Gasteiger partial charge in [0, 0.05) is 28.0 Å². The first kappa shape index (κ1) is 21.4. The molecule has 0 unspecified atom stereocenters. The number of nitrogens with zero attached hydrogens (tertiary/aromatic N) is 1. The summed E-state index contributed by atoms with van der Waals surface area (Å²) in [7, 11) is 0. The van der Waals surface area contributed by atoms with Crippen LogP contribution in [0.25, 0.3) is 0 Å². The average Bonchev–Trinajstić information content (AvgIpc) is 2.99. The van der Waals surface area contributed by atoms with E-state index in [9.17, 15) is 14.4 Å². The number of amides is 3. The molecule has 2 aromatic carbocycles. The zero-order valence-electron chi connectivity index (χ0n) is 16.7. The minimum Gasteiger partial charge on any atom is -0.350 e. The molecule has 2 aromatic rings. The van der Waals surface area contributed by atoms with Crippen molar-refractivity contribution in [1.29, 1.82) is 0 Å². The van der Waals surface area contributed by atoms with Crippen molar-refractivity contribution in [2.45, 2.75) is 38.1 Å². The fourth-order valence-corrected chi connectivity index (χ4v) is 4.26. The summed E-state index contributed by atoms with van der Waals surface area (Å²) in [5, 5.41) is 6.19. The van der Waals surface area contributed by atoms with Crippen LogP contribution in [0, 0.1) is 0 Å². The number of hydrogen-bond donors (Lipinski definition) is 2. The Balaban J connectivity index is 1.49. The molecule has 3 amide bonds. The lowest BCUT2D eigenvalue weighted by Gasteiger charge is -2.29. The van der Waals surface area contributed by atoms with Gasteiger partial charge in [0.25, 0.3) is 17.7 Å². The summed E-state index contributed by atoms with van der Waals surface area (Å²) < 4.78 is 0. The quantitative estimate of drug-likeness (QED) is 0.607. The molecule has 4 rings (SSSR count). The predicted octanol–water partition coefficient (Wildman–Crippen LogP) is 5.16. The molecule has 2 aliphatic rings. The van der Waals surface area contributed by atoms with Crippen molar-refractivity contribution >= 4 is 52.3 Å². The first-order valence-electron chi connectivity index (χ1n) is 10.2. The van der Waals surface area contributed by atoms with Gasteiger partial charge in [-0.15, -0.1) is 0 Å². The zero-order chi connectivity index (χ0) is 22.0. The molecule has 0 bridgehead atoms. The van der Waals surface area contributed by atoms with E-state index in [1.54, 1.807) is 48.5 Å². The van der Waals surface area contributed by atoms with Crippen LogP contribution in [0.4, 0.5) is 11.4 Å². The molecule has 31 heavy (non-hydrogen) atoms. The highest BCUT2D eigenvalue weighted by molar-refractivity contribution is 6.48. The van der Waals surface area contributed by atoms with E-state index in [2.05, 4.69) is 10.6 Å². The van der Waals surface area contributed by atoms with E-state index in [1.165, 1.54) is 4.90 Å². The standard InChI is InChI=1S/C23H21Cl2N3O3/c24-15-9-11-16(12-10-15)27-21(29)14-5-4-6-17(13-14)26-20-19(25)22(30)28(23(20)31)18-7-2-1-3-8-18/h4-6,9-13,18,26H,1-3,7-8H2,(H,27,29). The second kappa shape index (κ2) is 9.12. The molecule has 6 nitrogen and oxygen atoms in total. The number of benzene rings is 2. The van der Waals surface area contributed by atoms with Gasteiger partial charge in [-0.25, -0.2) is 0 Å². The second-order valence-corrected chi connectivity index (χ2v) is 8.44. The largest absolute Gasteiger partial charge is 0.350 e. The molecular weight excluding hydrogens is 437 g/mol. The van der Waals surface area contributed by atoms with Gasteiger partial charge in [0.2, 0.25) is 0 Å². The summed E-state index contributed by atoms with van der Waals surface area (Å²) in [5.41, 5.74) is 1.53. The number of imide groups is 1. The number of carbonyl (C=O) groups is 3. The topological polar surface area (TPSA) is 78.5 Å². The molecule has 160 valence electrons. The molecule has 1 heterocycles. The number of nitrogens with one attached hydrogen (secondary N) is 2. The summed E-state index contributed by atoms with van der Waals surface area (Å²) in [6.45, 7) is 0. The van der Waals surface area contributed by atoms with E-state index in [0.29, 0.717) is 22.0 Å². The Morgan fingerprint density at radius 3 is 2.32 bits per heavy atom. The van der Waals surface area contributed by atoms with Crippen molar-refractivity contribution in [3.8, 4) is 0 Å². The Labute approximate surface area is 190 Å². The van der Waals surface area contributed by atoms with E-state index in [0.717, 1.165) is 32.1 Å². The molecule has 1 aliphatic carbocycles. The summed E-state index contributed by atoms with van der Waals surface area (Å²) in [6.07, 6.45) is 4.70. The molecule has 0 spiro atoms. The van der Waals surface area contributed by atoms with Gasteiger partial charge in [-0.05, 0) is 55.3 Å². The van der Waals surface area contributed by atoms with Crippen molar-refractivity contribution in [1.82, 2.24) is 4.90 Å². The van der Waals surface area contributed by atoms with Gasteiger partial charge in [0.05, 0.1) is 0 Å². The predicted molar refractivity (Wildman–Crippen MR) is 121 cm³/mol. The van der Waals surface area contributed by atoms with Crippen LogP contribution in [0.5, 0.6) is 0 Å². The molecule has 2 N–H and O–H groups in total. The first-order chi connectivity index (χ1) is 14.9. The third-order valence-corrected chi connectivity index (χ3v) is 6.10.